The van der Waals surface area contributed by atoms with Gasteiger partial charge >= 0.3 is 0 Å². The predicted molar refractivity (Wildman–Crippen MR) is 92.4 cm³/mol. The van der Waals surface area contributed by atoms with Gasteiger partial charge in [-0.05, 0) is 18.2 Å². The Balaban J connectivity index is 1.90. The van der Waals surface area contributed by atoms with E-state index in [2.05, 4.69) is 10.1 Å². The van der Waals surface area contributed by atoms with E-state index in [0.717, 1.165) is 22.6 Å². The summed E-state index contributed by atoms with van der Waals surface area (Å²) >= 11 is 12.0. The third-order valence-electron chi connectivity index (χ3n) is 3.24. The first-order valence-electron chi connectivity index (χ1n) is 6.72. The highest BCUT2D eigenvalue weighted by Crippen LogP contribution is 2.24. The Morgan fingerprint density at radius 1 is 1.05 bits per heavy atom. The molecule has 1 heterocycles. The maximum absolute atomic E-state index is 6.12. The summed E-state index contributed by atoms with van der Waals surface area (Å²) in [5.74, 6) is 0.755. The number of aromatic nitrogens is 2. The number of hydrogen-bond acceptors (Lipinski definition) is 2. The van der Waals surface area contributed by atoms with E-state index in [-0.39, 0.29) is 0 Å². The maximum Gasteiger partial charge on any atom is 0.150 e. The minimum atomic E-state index is 0.673. The molecule has 1 aromatic heterocycles. The average molecular weight is 330 g/mol. The fourth-order valence-electron chi connectivity index (χ4n) is 2.06. The topological polar surface area (TPSA) is 30.2 Å². The van der Waals surface area contributed by atoms with Crippen molar-refractivity contribution < 1.29 is 0 Å². The van der Waals surface area contributed by atoms with Gasteiger partial charge in [0.05, 0.1) is 5.69 Å². The van der Waals surface area contributed by atoms with Gasteiger partial charge in [-0.2, -0.15) is 5.10 Å². The van der Waals surface area contributed by atoms with Crippen LogP contribution in [0, 0.1) is 0 Å². The van der Waals surface area contributed by atoms with Gasteiger partial charge in [0.25, 0.3) is 0 Å². The van der Waals surface area contributed by atoms with E-state index in [1.165, 1.54) is 0 Å². The lowest BCUT2D eigenvalue weighted by Gasteiger charge is -1.96. The van der Waals surface area contributed by atoms with Crippen LogP contribution in [0.3, 0.4) is 0 Å². The van der Waals surface area contributed by atoms with Gasteiger partial charge in [0.1, 0.15) is 0 Å². The van der Waals surface area contributed by atoms with Crippen molar-refractivity contribution in [2.45, 2.75) is 0 Å². The van der Waals surface area contributed by atoms with Crippen molar-refractivity contribution in [2.24, 2.45) is 12.0 Å². The molecule has 2 aromatic carbocycles. The highest BCUT2D eigenvalue weighted by atomic mass is 35.5. The SMILES string of the molecule is Cn1nc(-c2ccc(Cl)cc2)cc1/N=C/c1ccccc1Cl. The van der Waals surface area contributed by atoms with Crippen LogP contribution in [0.5, 0.6) is 0 Å². The van der Waals surface area contributed by atoms with E-state index >= 15 is 0 Å². The summed E-state index contributed by atoms with van der Waals surface area (Å²) in [5.41, 5.74) is 2.73. The van der Waals surface area contributed by atoms with Crippen LogP contribution >= 0.6 is 23.2 Å². The smallest absolute Gasteiger partial charge is 0.150 e. The monoisotopic (exact) mass is 329 g/mol. The zero-order valence-electron chi connectivity index (χ0n) is 11.9. The Morgan fingerprint density at radius 2 is 1.77 bits per heavy atom. The molecule has 0 saturated heterocycles. The van der Waals surface area contributed by atoms with Gasteiger partial charge in [-0.3, -0.25) is 4.68 Å². The van der Waals surface area contributed by atoms with Gasteiger partial charge in [-0.1, -0.05) is 53.5 Å². The largest absolute Gasteiger partial charge is 0.250 e. The van der Waals surface area contributed by atoms with Crippen molar-refractivity contribution >= 4 is 35.2 Å². The van der Waals surface area contributed by atoms with Crippen molar-refractivity contribution in [2.75, 3.05) is 0 Å². The molecule has 0 aliphatic carbocycles. The van der Waals surface area contributed by atoms with Crippen molar-refractivity contribution in [1.82, 2.24) is 9.78 Å². The van der Waals surface area contributed by atoms with Crippen LogP contribution in [0.15, 0.2) is 59.6 Å². The molecule has 0 saturated carbocycles. The molecular formula is C17H13Cl2N3. The third-order valence-corrected chi connectivity index (χ3v) is 3.83. The molecule has 0 aliphatic rings. The van der Waals surface area contributed by atoms with E-state index in [1.54, 1.807) is 10.9 Å². The molecule has 0 fully saturated rings. The van der Waals surface area contributed by atoms with Gasteiger partial charge in [0, 0.05) is 40.5 Å². The van der Waals surface area contributed by atoms with Crippen LogP contribution in [0.2, 0.25) is 10.0 Å². The van der Waals surface area contributed by atoms with Crippen LogP contribution in [0.4, 0.5) is 5.82 Å². The van der Waals surface area contributed by atoms with Crippen LogP contribution in [0.1, 0.15) is 5.56 Å². The summed E-state index contributed by atoms with van der Waals surface area (Å²) in [6, 6.07) is 17.1. The van der Waals surface area contributed by atoms with E-state index in [1.807, 2.05) is 61.6 Å². The van der Waals surface area contributed by atoms with Gasteiger partial charge in [-0.15, -0.1) is 0 Å². The summed E-state index contributed by atoms with van der Waals surface area (Å²) in [4.78, 5) is 4.47. The fraction of sp³-hybridized carbons (Fsp3) is 0.0588. The summed E-state index contributed by atoms with van der Waals surface area (Å²) < 4.78 is 1.73. The van der Waals surface area contributed by atoms with Gasteiger partial charge in [0.15, 0.2) is 5.82 Å². The Hall–Kier alpha value is -2.10. The molecule has 0 amide bonds. The molecule has 110 valence electrons. The third kappa shape index (κ3) is 3.21. The number of hydrogen-bond donors (Lipinski definition) is 0. The number of benzene rings is 2. The highest BCUT2D eigenvalue weighted by Gasteiger charge is 2.06. The number of rotatable bonds is 3. The van der Waals surface area contributed by atoms with Gasteiger partial charge in [0.2, 0.25) is 0 Å². The first-order chi connectivity index (χ1) is 10.6. The van der Waals surface area contributed by atoms with E-state index in [9.17, 15) is 0 Å². The minimum Gasteiger partial charge on any atom is -0.250 e. The molecule has 0 radical (unpaired) electrons. The number of halogens is 2. The lowest BCUT2D eigenvalue weighted by molar-refractivity contribution is 0.774. The van der Waals surface area contributed by atoms with E-state index < -0.39 is 0 Å². The van der Waals surface area contributed by atoms with Crippen molar-refractivity contribution in [3.05, 3.63) is 70.2 Å². The fourth-order valence-corrected chi connectivity index (χ4v) is 2.37. The number of aliphatic imine (C=N–C) groups is 1. The second-order valence-electron chi connectivity index (χ2n) is 4.80. The molecule has 0 spiro atoms. The zero-order valence-corrected chi connectivity index (χ0v) is 13.4. The second-order valence-corrected chi connectivity index (χ2v) is 5.64. The summed E-state index contributed by atoms with van der Waals surface area (Å²) in [7, 11) is 1.86. The first-order valence-corrected chi connectivity index (χ1v) is 7.47. The van der Waals surface area contributed by atoms with Gasteiger partial charge < -0.3 is 0 Å². The van der Waals surface area contributed by atoms with Gasteiger partial charge in [-0.25, -0.2) is 4.99 Å². The average Bonchev–Trinajstić information content (AvgIpc) is 2.88. The lowest BCUT2D eigenvalue weighted by atomic mass is 10.1. The molecule has 0 unspecified atom stereocenters. The lowest BCUT2D eigenvalue weighted by Crippen LogP contribution is -1.90. The molecule has 3 nitrogen and oxygen atoms in total. The molecule has 0 aliphatic heterocycles. The van der Waals surface area contributed by atoms with Crippen molar-refractivity contribution in [3.63, 3.8) is 0 Å². The summed E-state index contributed by atoms with van der Waals surface area (Å²) in [6.45, 7) is 0. The number of aryl methyl sites for hydroxylation is 1. The number of nitrogens with zero attached hydrogens (tertiary/aromatic N) is 3. The molecule has 3 aromatic rings. The molecule has 0 bridgehead atoms. The van der Waals surface area contributed by atoms with Crippen LogP contribution in [0.25, 0.3) is 11.3 Å². The second kappa shape index (κ2) is 6.34. The normalized spacial score (nSPS) is 11.2. The standard InChI is InChI=1S/C17H13Cl2N3/c1-22-17(20-11-13-4-2-3-5-15(13)19)10-16(21-22)12-6-8-14(18)9-7-12/h2-11H,1H3/b20-11+. The molecule has 0 N–H and O–H groups in total. The Morgan fingerprint density at radius 3 is 2.50 bits per heavy atom. The Bertz CT molecular complexity index is 820. The zero-order chi connectivity index (χ0) is 15.5. The molecular weight excluding hydrogens is 317 g/mol. The van der Waals surface area contributed by atoms with E-state index in [4.69, 9.17) is 23.2 Å². The van der Waals surface area contributed by atoms with Crippen LogP contribution in [-0.4, -0.2) is 16.0 Å². The molecule has 5 heteroatoms. The molecule has 3 rings (SSSR count). The summed E-state index contributed by atoms with van der Waals surface area (Å²) in [6.07, 6.45) is 1.74. The first kappa shape index (κ1) is 14.8. The molecule has 22 heavy (non-hydrogen) atoms. The van der Waals surface area contributed by atoms with Crippen LogP contribution in [-0.2, 0) is 7.05 Å². The summed E-state index contributed by atoms with van der Waals surface area (Å²) in [5, 5.41) is 5.85. The highest BCUT2D eigenvalue weighted by molar-refractivity contribution is 6.33. The molecule has 0 atom stereocenters. The Labute approximate surface area is 138 Å². The minimum absolute atomic E-state index is 0.673. The quantitative estimate of drug-likeness (QED) is 0.611. The maximum atomic E-state index is 6.12. The van der Waals surface area contributed by atoms with Crippen LogP contribution < -0.4 is 0 Å². The van der Waals surface area contributed by atoms with Crippen molar-refractivity contribution in [3.8, 4) is 11.3 Å². The predicted octanol–water partition coefficient (Wildman–Crippen LogP) is 5.14. The van der Waals surface area contributed by atoms with E-state index in [0.29, 0.717) is 10.0 Å². The Kier molecular flexibility index (Phi) is 4.27. The van der Waals surface area contributed by atoms with Crippen molar-refractivity contribution in [1.29, 1.82) is 0 Å².